The van der Waals surface area contributed by atoms with Crippen molar-refractivity contribution in [3.63, 3.8) is 0 Å². The van der Waals surface area contributed by atoms with Gasteiger partial charge in [-0.3, -0.25) is 4.98 Å². The Bertz CT molecular complexity index is 598. The van der Waals surface area contributed by atoms with Crippen LogP contribution in [0.5, 0.6) is 0 Å². The van der Waals surface area contributed by atoms with Crippen molar-refractivity contribution in [1.29, 1.82) is 5.26 Å². The Morgan fingerprint density at radius 3 is 2.74 bits per heavy atom. The summed E-state index contributed by atoms with van der Waals surface area (Å²) in [5.74, 6) is 0. The molecule has 0 atom stereocenters. The first-order chi connectivity index (χ1) is 9.31. The molecular weight excluding hydrogens is 234 g/mol. The molecule has 2 rings (SSSR count). The molecule has 0 aliphatic heterocycles. The van der Waals surface area contributed by atoms with Gasteiger partial charge in [-0.15, -0.1) is 0 Å². The van der Waals surface area contributed by atoms with Crippen LogP contribution in [0.15, 0.2) is 30.5 Å². The normalized spacial score (nSPS) is 10.4. The van der Waals surface area contributed by atoms with E-state index in [2.05, 4.69) is 29.8 Å². The summed E-state index contributed by atoms with van der Waals surface area (Å²) in [6, 6.07) is 10.3. The summed E-state index contributed by atoms with van der Waals surface area (Å²) < 4.78 is 0. The molecule has 3 nitrogen and oxygen atoms in total. The Morgan fingerprint density at radius 2 is 2.05 bits per heavy atom. The second-order valence-corrected chi connectivity index (χ2v) is 4.58. The predicted octanol–water partition coefficient (Wildman–Crippen LogP) is 3.73. The van der Waals surface area contributed by atoms with E-state index in [1.165, 1.54) is 0 Å². The van der Waals surface area contributed by atoms with Crippen LogP contribution >= 0.6 is 0 Å². The molecule has 0 radical (unpaired) electrons. The van der Waals surface area contributed by atoms with Crippen LogP contribution in [0.3, 0.4) is 0 Å². The lowest BCUT2D eigenvalue weighted by atomic mass is 10.1. The van der Waals surface area contributed by atoms with Gasteiger partial charge in [0.2, 0.25) is 0 Å². The number of para-hydroxylation sites is 1. The van der Waals surface area contributed by atoms with Gasteiger partial charge in [0.15, 0.2) is 0 Å². The van der Waals surface area contributed by atoms with E-state index in [9.17, 15) is 5.26 Å². The number of anilines is 1. The minimum absolute atomic E-state index is 0.664. The third-order valence-corrected chi connectivity index (χ3v) is 3.35. The molecule has 0 saturated carbocycles. The fourth-order valence-corrected chi connectivity index (χ4v) is 2.33. The quantitative estimate of drug-likeness (QED) is 0.815. The van der Waals surface area contributed by atoms with Crippen LogP contribution < -0.4 is 4.90 Å². The summed E-state index contributed by atoms with van der Waals surface area (Å²) in [7, 11) is 0. The van der Waals surface area contributed by atoms with Crippen molar-refractivity contribution in [2.75, 3.05) is 18.0 Å². The number of rotatable bonds is 5. The van der Waals surface area contributed by atoms with Gasteiger partial charge in [-0.25, -0.2) is 0 Å². The lowest BCUT2D eigenvalue weighted by Gasteiger charge is -2.25. The lowest BCUT2D eigenvalue weighted by Crippen LogP contribution is -2.25. The van der Waals surface area contributed by atoms with Crippen molar-refractivity contribution < 1.29 is 0 Å². The smallest absolute Gasteiger partial charge is 0.103 e. The van der Waals surface area contributed by atoms with Gasteiger partial charge in [0, 0.05) is 24.7 Å². The van der Waals surface area contributed by atoms with Crippen LogP contribution in [-0.2, 0) is 0 Å². The molecule has 0 amide bonds. The summed E-state index contributed by atoms with van der Waals surface area (Å²) >= 11 is 0. The maximum atomic E-state index is 9.33. The maximum Gasteiger partial charge on any atom is 0.103 e. The largest absolute Gasteiger partial charge is 0.370 e. The van der Waals surface area contributed by atoms with Gasteiger partial charge in [0.05, 0.1) is 16.8 Å². The summed E-state index contributed by atoms with van der Waals surface area (Å²) in [4.78, 5) is 6.64. The van der Waals surface area contributed by atoms with Crippen molar-refractivity contribution in [3.05, 3.63) is 36.0 Å². The molecule has 0 N–H and O–H groups in total. The van der Waals surface area contributed by atoms with E-state index in [0.29, 0.717) is 5.56 Å². The fourth-order valence-electron chi connectivity index (χ4n) is 2.33. The Morgan fingerprint density at radius 1 is 1.26 bits per heavy atom. The molecule has 0 bridgehead atoms. The summed E-state index contributed by atoms with van der Waals surface area (Å²) in [5.41, 5.74) is 2.65. The van der Waals surface area contributed by atoms with Crippen LogP contribution in [-0.4, -0.2) is 18.1 Å². The predicted molar refractivity (Wildman–Crippen MR) is 79.3 cm³/mol. The standard InChI is InChI=1S/C16H19N3/c1-3-5-10-19(4-2)16-13(11-17)12-18-15-9-7-6-8-14(15)16/h6-9,12H,3-5,10H2,1-2H3. The average Bonchev–Trinajstić information content (AvgIpc) is 2.47. The van der Waals surface area contributed by atoms with E-state index in [0.717, 1.165) is 42.5 Å². The number of aromatic nitrogens is 1. The van der Waals surface area contributed by atoms with Crippen LogP contribution in [0.4, 0.5) is 5.69 Å². The van der Waals surface area contributed by atoms with Gasteiger partial charge in [0.1, 0.15) is 6.07 Å². The molecule has 0 aliphatic carbocycles. The molecule has 0 aliphatic rings. The fraction of sp³-hybridized carbons (Fsp3) is 0.375. The highest BCUT2D eigenvalue weighted by molar-refractivity contribution is 5.94. The number of nitrogens with zero attached hydrogens (tertiary/aromatic N) is 3. The zero-order valence-electron chi connectivity index (χ0n) is 11.6. The molecule has 1 aromatic carbocycles. The SMILES string of the molecule is CCCCN(CC)c1c(C#N)cnc2ccccc12. The first-order valence-corrected chi connectivity index (χ1v) is 6.84. The zero-order valence-corrected chi connectivity index (χ0v) is 11.6. The van der Waals surface area contributed by atoms with E-state index >= 15 is 0 Å². The van der Waals surface area contributed by atoms with Gasteiger partial charge < -0.3 is 4.90 Å². The van der Waals surface area contributed by atoms with Gasteiger partial charge in [-0.1, -0.05) is 31.5 Å². The molecule has 98 valence electrons. The lowest BCUT2D eigenvalue weighted by molar-refractivity contribution is 0.733. The van der Waals surface area contributed by atoms with Crippen molar-refractivity contribution >= 4 is 16.6 Å². The Balaban J connectivity index is 2.57. The second kappa shape index (κ2) is 6.19. The minimum atomic E-state index is 0.664. The highest BCUT2D eigenvalue weighted by Crippen LogP contribution is 2.29. The van der Waals surface area contributed by atoms with Crippen LogP contribution in [0.1, 0.15) is 32.3 Å². The minimum Gasteiger partial charge on any atom is -0.370 e. The van der Waals surface area contributed by atoms with Crippen molar-refractivity contribution in [2.45, 2.75) is 26.7 Å². The van der Waals surface area contributed by atoms with Crippen molar-refractivity contribution in [2.24, 2.45) is 0 Å². The first-order valence-electron chi connectivity index (χ1n) is 6.84. The average molecular weight is 253 g/mol. The molecule has 0 fully saturated rings. The van der Waals surface area contributed by atoms with Gasteiger partial charge in [0.25, 0.3) is 0 Å². The first kappa shape index (κ1) is 13.4. The highest BCUT2D eigenvalue weighted by Gasteiger charge is 2.14. The monoisotopic (exact) mass is 253 g/mol. The number of nitriles is 1. The third-order valence-electron chi connectivity index (χ3n) is 3.35. The Labute approximate surface area is 114 Å². The molecule has 0 unspecified atom stereocenters. The number of hydrogen-bond acceptors (Lipinski definition) is 3. The van der Waals surface area contributed by atoms with E-state index in [4.69, 9.17) is 0 Å². The van der Waals surface area contributed by atoms with E-state index in [1.54, 1.807) is 6.20 Å². The number of benzene rings is 1. The van der Waals surface area contributed by atoms with Crippen LogP contribution in [0.25, 0.3) is 10.9 Å². The number of hydrogen-bond donors (Lipinski definition) is 0. The maximum absolute atomic E-state index is 9.33. The number of fused-ring (bicyclic) bond motifs is 1. The van der Waals surface area contributed by atoms with Crippen molar-refractivity contribution in [1.82, 2.24) is 4.98 Å². The summed E-state index contributed by atoms with van der Waals surface area (Å²) in [6.45, 7) is 6.20. The van der Waals surface area contributed by atoms with Gasteiger partial charge in [-0.2, -0.15) is 5.26 Å². The molecule has 3 heteroatoms. The van der Waals surface area contributed by atoms with E-state index in [1.807, 2.05) is 24.3 Å². The van der Waals surface area contributed by atoms with E-state index in [-0.39, 0.29) is 0 Å². The number of pyridine rings is 1. The summed E-state index contributed by atoms with van der Waals surface area (Å²) in [6.07, 6.45) is 3.98. The van der Waals surface area contributed by atoms with Gasteiger partial charge >= 0.3 is 0 Å². The van der Waals surface area contributed by atoms with Crippen LogP contribution in [0, 0.1) is 11.3 Å². The highest BCUT2D eigenvalue weighted by atomic mass is 15.1. The molecule has 19 heavy (non-hydrogen) atoms. The van der Waals surface area contributed by atoms with Gasteiger partial charge in [-0.05, 0) is 19.4 Å². The number of unbranched alkanes of at least 4 members (excludes halogenated alkanes) is 1. The molecule has 2 aromatic rings. The molecule has 0 spiro atoms. The molecule has 1 aromatic heterocycles. The molecular formula is C16H19N3. The summed E-state index contributed by atoms with van der Waals surface area (Å²) in [5, 5.41) is 10.4. The van der Waals surface area contributed by atoms with Crippen molar-refractivity contribution in [3.8, 4) is 6.07 Å². The molecule has 1 heterocycles. The van der Waals surface area contributed by atoms with Crippen LogP contribution in [0.2, 0.25) is 0 Å². The Kier molecular flexibility index (Phi) is 4.35. The zero-order chi connectivity index (χ0) is 13.7. The molecule has 0 saturated heterocycles. The second-order valence-electron chi connectivity index (χ2n) is 4.58. The van der Waals surface area contributed by atoms with E-state index < -0.39 is 0 Å². The topological polar surface area (TPSA) is 39.9 Å². The Hall–Kier alpha value is -2.08. The third kappa shape index (κ3) is 2.68.